The molecule has 0 aromatic heterocycles. The van der Waals surface area contributed by atoms with Crippen molar-refractivity contribution in [1.82, 2.24) is 5.43 Å². The van der Waals surface area contributed by atoms with Crippen LogP contribution in [0.3, 0.4) is 0 Å². The number of nitrogens with two attached hydrogens (primary N) is 1. The Morgan fingerprint density at radius 2 is 1.55 bits per heavy atom. The summed E-state index contributed by atoms with van der Waals surface area (Å²) in [5.74, 6) is 5.80. The van der Waals surface area contributed by atoms with Crippen LogP contribution in [0.5, 0.6) is 0 Å². The summed E-state index contributed by atoms with van der Waals surface area (Å²) < 4.78 is 1.21. The van der Waals surface area contributed by atoms with Crippen LogP contribution in [0.4, 0.5) is 0 Å². The predicted octanol–water partition coefficient (Wildman–Crippen LogP) is 4.00. The molecule has 0 amide bonds. The van der Waals surface area contributed by atoms with E-state index in [4.69, 9.17) is 5.84 Å². The maximum atomic E-state index is 5.80. The summed E-state index contributed by atoms with van der Waals surface area (Å²) >= 11 is 2.35. The Bertz CT molecular complexity index is 740. The quantitative estimate of drug-likeness (QED) is 0.413. The van der Waals surface area contributed by atoms with E-state index in [1.165, 1.54) is 25.5 Å². The summed E-state index contributed by atoms with van der Waals surface area (Å²) in [6.07, 6.45) is 0. The molecule has 0 spiro atoms. The lowest BCUT2D eigenvalue weighted by molar-refractivity contribution is 0.635. The summed E-state index contributed by atoms with van der Waals surface area (Å²) in [7, 11) is 0. The average molecular weight is 374 g/mol. The van der Waals surface area contributed by atoms with Crippen LogP contribution in [0.1, 0.15) is 17.2 Å². The molecule has 3 heteroatoms. The molecule has 0 fully saturated rings. The van der Waals surface area contributed by atoms with E-state index in [2.05, 4.69) is 82.6 Å². The molecule has 0 aliphatic carbocycles. The van der Waals surface area contributed by atoms with Crippen LogP contribution < -0.4 is 11.3 Å². The monoisotopic (exact) mass is 374 g/mol. The average Bonchev–Trinajstić information content (AvgIpc) is 2.50. The summed E-state index contributed by atoms with van der Waals surface area (Å²) in [5, 5.41) is 2.48. The maximum Gasteiger partial charge on any atom is 0.0720 e. The first-order valence-electron chi connectivity index (χ1n) is 6.49. The SMILES string of the molecule is NNC(c1ccc2ccccc2c1)c1ccccc1I. The molecule has 3 aromatic carbocycles. The predicted molar refractivity (Wildman–Crippen MR) is 92.3 cm³/mol. The molecule has 3 N–H and O–H groups in total. The van der Waals surface area contributed by atoms with E-state index < -0.39 is 0 Å². The van der Waals surface area contributed by atoms with Gasteiger partial charge in [-0.2, -0.15) is 0 Å². The normalized spacial score (nSPS) is 12.5. The molecule has 0 bridgehead atoms. The Morgan fingerprint density at radius 1 is 0.850 bits per heavy atom. The van der Waals surface area contributed by atoms with Crippen LogP contribution in [0.15, 0.2) is 66.7 Å². The van der Waals surface area contributed by atoms with Crippen molar-refractivity contribution in [3.63, 3.8) is 0 Å². The van der Waals surface area contributed by atoms with Crippen LogP contribution in [0.2, 0.25) is 0 Å². The van der Waals surface area contributed by atoms with Crippen LogP contribution >= 0.6 is 22.6 Å². The fourth-order valence-electron chi connectivity index (χ4n) is 2.46. The van der Waals surface area contributed by atoms with Crippen LogP contribution in [-0.4, -0.2) is 0 Å². The molecule has 0 radical (unpaired) electrons. The van der Waals surface area contributed by atoms with Crippen molar-refractivity contribution in [1.29, 1.82) is 0 Å². The summed E-state index contributed by atoms with van der Waals surface area (Å²) in [6.45, 7) is 0. The standard InChI is InChI=1S/C17H15IN2/c18-16-8-4-3-7-15(16)17(20-19)14-10-9-12-5-1-2-6-13(12)11-14/h1-11,17,20H,19H2. The molecule has 0 saturated carbocycles. The molecular weight excluding hydrogens is 359 g/mol. The van der Waals surface area contributed by atoms with Gasteiger partial charge in [-0.25, -0.2) is 5.43 Å². The van der Waals surface area contributed by atoms with Gasteiger partial charge in [-0.3, -0.25) is 5.84 Å². The van der Waals surface area contributed by atoms with E-state index in [0.717, 1.165) is 0 Å². The summed E-state index contributed by atoms with van der Waals surface area (Å²) in [4.78, 5) is 0. The van der Waals surface area contributed by atoms with Crippen molar-refractivity contribution in [2.24, 2.45) is 5.84 Å². The second-order valence-corrected chi connectivity index (χ2v) is 5.89. The highest BCUT2D eigenvalue weighted by atomic mass is 127. The molecule has 0 saturated heterocycles. The van der Waals surface area contributed by atoms with Crippen molar-refractivity contribution in [3.05, 3.63) is 81.4 Å². The minimum atomic E-state index is 0.00714. The third kappa shape index (κ3) is 2.57. The van der Waals surface area contributed by atoms with Gasteiger partial charge >= 0.3 is 0 Å². The topological polar surface area (TPSA) is 38.0 Å². The number of nitrogens with one attached hydrogen (secondary N) is 1. The first-order valence-corrected chi connectivity index (χ1v) is 7.57. The van der Waals surface area contributed by atoms with Crippen molar-refractivity contribution in [3.8, 4) is 0 Å². The van der Waals surface area contributed by atoms with Crippen molar-refractivity contribution in [2.45, 2.75) is 6.04 Å². The van der Waals surface area contributed by atoms with Gasteiger partial charge in [0.05, 0.1) is 6.04 Å². The van der Waals surface area contributed by atoms with Crippen LogP contribution in [0, 0.1) is 3.57 Å². The Kier molecular flexibility index (Phi) is 4.00. The Hall–Kier alpha value is -1.43. The summed E-state index contributed by atoms with van der Waals surface area (Å²) in [6, 6.07) is 23.1. The maximum absolute atomic E-state index is 5.80. The van der Waals surface area contributed by atoms with Crippen molar-refractivity contribution in [2.75, 3.05) is 0 Å². The van der Waals surface area contributed by atoms with Gasteiger partial charge in [0, 0.05) is 3.57 Å². The fraction of sp³-hybridized carbons (Fsp3) is 0.0588. The third-order valence-electron chi connectivity index (χ3n) is 3.49. The zero-order valence-corrected chi connectivity index (χ0v) is 13.0. The van der Waals surface area contributed by atoms with Crippen molar-refractivity contribution < 1.29 is 0 Å². The number of rotatable bonds is 3. The first-order chi connectivity index (χ1) is 9.79. The number of hydrogen-bond acceptors (Lipinski definition) is 2. The Labute approximate surface area is 132 Å². The van der Waals surface area contributed by atoms with Gasteiger partial charge in [0.15, 0.2) is 0 Å². The smallest absolute Gasteiger partial charge is 0.0720 e. The van der Waals surface area contributed by atoms with Gasteiger partial charge in [0.1, 0.15) is 0 Å². The summed E-state index contributed by atoms with van der Waals surface area (Å²) in [5.41, 5.74) is 5.31. The molecule has 0 aliphatic rings. The molecule has 1 atom stereocenters. The molecule has 2 nitrogen and oxygen atoms in total. The van der Waals surface area contributed by atoms with Gasteiger partial charge in [-0.1, -0.05) is 54.6 Å². The lowest BCUT2D eigenvalue weighted by Crippen LogP contribution is -2.29. The van der Waals surface area contributed by atoms with Crippen LogP contribution in [-0.2, 0) is 0 Å². The molecule has 3 rings (SSSR count). The van der Waals surface area contributed by atoms with Crippen molar-refractivity contribution >= 4 is 33.4 Å². The van der Waals surface area contributed by atoms with Crippen LogP contribution in [0.25, 0.3) is 10.8 Å². The third-order valence-corrected chi connectivity index (χ3v) is 4.47. The van der Waals surface area contributed by atoms with Gasteiger partial charge in [-0.05, 0) is 56.6 Å². The highest BCUT2D eigenvalue weighted by Crippen LogP contribution is 2.27. The number of hydrazine groups is 1. The number of benzene rings is 3. The highest BCUT2D eigenvalue weighted by Gasteiger charge is 2.15. The molecular formula is C17H15IN2. The van der Waals surface area contributed by atoms with E-state index in [-0.39, 0.29) is 6.04 Å². The van der Waals surface area contributed by atoms with E-state index in [1.54, 1.807) is 0 Å². The van der Waals surface area contributed by atoms with Gasteiger partial charge in [0.2, 0.25) is 0 Å². The molecule has 1 unspecified atom stereocenters. The van der Waals surface area contributed by atoms with E-state index in [0.29, 0.717) is 0 Å². The van der Waals surface area contributed by atoms with Gasteiger partial charge in [-0.15, -0.1) is 0 Å². The first kappa shape index (κ1) is 13.5. The molecule has 0 aliphatic heterocycles. The van der Waals surface area contributed by atoms with E-state index >= 15 is 0 Å². The van der Waals surface area contributed by atoms with Gasteiger partial charge in [0.25, 0.3) is 0 Å². The zero-order valence-electron chi connectivity index (χ0n) is 10.9. The van der Waals surface area contributed by atoms with E-state index in [1.807, 2.05) is 12.1 Å². The van der Waals surface area contributed by atoms with E-state index in [9.17, 15) is 0 Å². The zero-order chi connectivity index (χ0) is 13.9. The molecule has 100 valence electrons. The molecule has 0 heterocycles. The fourth-order valence-corrected chi connectivity index (χ4v) is 3.16. The highest BCUT2D eigenvalue weighted by molar-refractivity contribution is 14.1. The minimum Gasteiger partial charge on any atom is -0.271 e. The molecule has 3 aromatic rings. The Balaban J connectivity index is 2.10. The number of fused-ring (bicyclic) bond motifs is 1. The number of hydrogen-bond donors (Lipinski definition) is 2. The van der Waals surface area contributed by atoms with Gasteiger partial charge < -0.3 is 0 Å². The number of halogens is 1. The minimum absolute atomic E-state index is 0.00714. The lowest BCUT2D eigenvalue weighted by Gasteiger charge is -2.19. The lowest BCUT2D eigenvalue weighted by atomic mass is 9.97. The molecule has 20 heavy (non-hydrogen) atoms. The second kappa shape index (κ2) is 5.91. The largest absolute Gasteiger partial charge is 0.271 e. The second-order valence-electron chi connectivity index (χ2n) is 4.73. The Morgan fingerprint density at radius 3 is 2.30 bits per heavy atom.